The van der Waals surface area contributed by atoms with Gasteiger partial charge in [0, 0.05) is 29.7 Å². The molecule has 0 aliphatic heterocycles. The van der Waals surface area contributed by atoms with Crippen molar-refractivity contribution in [3.63, 3.8) is 0 Å². The smallest absolute Gasteiger partial charge is 0.0189 e. The third kappa shape index (κ3) is 16.5. The summed E-state index contributed by atoms with van der Waals surface area (Å²) in [5.74, 6) is 0.613. The second-order valence-electron chi connectivity index (χ2n) is 12.7. The zero-order valence-corrected chi connectivity index (χ0v) is 26.2. The summed E-state index contributed by atoms with van der Waals surface area (Å²) in [7, 11) is 2.04. The normalized spacial score (nSPS) is 13.5. The lowest BCUT2D eigenvalue weighted by molar-refractivity contribution is 0.178. The van der Waals surface area contributed by atoms with Crippen LogP contribution in [0.2, 0.25) is 0 Å². The molecule has 218 valence electrons. The molecule has 3 nitrogen and oxygen atoms in total. The summed E-state index contributed by atoms with van der Waals surface area (Å²) in [6.45, 7) is 27.5. The summed E-state index contributed by atoms with van der Waals surface area (Å²) in [4.78, 5) is 2.55. The van der Waals surface area contributed by atoms with Gasteiger partial charge in [0.05, 0.1) is 0 Å². The van der Waals surface area contributed by atoms with E-state index in [1.54, 1.807) is 0 Å². The Balaban J connectivity index is 4.40. The maximum Gasteiger partial charge on any atom is 0.0189 e. The van der Waals surface area contributed by atoms with E-state index in [2.05, 4.69) is 64.6 Å². The van der Waals surface area contributed by atoms with E-state index in [0.29, 0.717) is 5.92 Å². The van der Waals surface area contributed by atoms with Gasteiger partial charge in [0.2, 0.25) is 0 Å². The van der Waals surface area contributed by atoms with Crippen LogP contribution in [0, 0.1) is 11.3 Å². The van der Waals surface area contributed by atoms with E-state index in [1.165, 1.54) is 88.3 Å². The summed E-state index contributed by atoms with van der Waals surface area (Å²) in [6.07, 6.45) is 22.3. The van der Waals surface area contributed by atoms with Crippen LogP contribution < -0.4 is 11.1 Å². The molecule has 0 amide bonds. The van der Waals surface area contributed by atoms with E-state index in [0.717, 1.165) is 45.3 Å². The van der Waals surface area contributed by atoms with Crippen LogP contribution in [0.15, 0.2) is 37.1 Å². The Morgan fingerprint density at radius 3 is 1.76 bits per heavy atom. The first-order valence-electron chi connectivity index (χ1n) is 15.6. The predicted octanol–water partition coefficient (Wildman–Crippen LogP) is 9.40. The fourth-order valence-corrected chi connectivity index (χ4v) is 5.47. The first kappa shape index (κ1) is 35.9. The van der Waals surface area contributed by atoms with Crippen LogP contribution in [0.4, 0.5) is 0 Å². The molecular weight excluding hydrogens is 450 g/mol. The average molecular weight is 518 g/mol. The molecule has 0 saturated heterocycles. The SMILES string of the molecule is C=CCCC(=C)N(CCCCCCCCCCCCNC)CCCCC(=C)C(C)(CC(C)C)C(C)(C)N. The van der Waals surface area contributed by atoms with Crippen LogP contribution in [0.5, 0.6) is 0 Å². The molecule has 0 fully saturated rings. The standard InChI is InChI=1S/C34H67N3/c1-10-11-25-32(5)37(27-22-19-17-15-13-12-14-16-18-21-26-36-9)28-23-20-24-31(4)34(8,29-30(2)3)33(6,7)35/h10,30,36H,1,4-5,11-29,35H2,2-3,6-9H3. The van der Waals surface area contributed by atoms with Gasteiger partial charge in [0.15, 0.2) is 0 Å². The Labute approximate surface area is 233 Å². The Morgan fingerprint density at radius 2 is 1.30 bits per heavy atom. The fraction of sp³-hybridized carbons (Fsp3) is 0.824. The average Bonchev–Trinajstić information content (AvgIpc) is 2.82. The molecule has 0 spiro atoms. The van der Waals surface area contributed by atoms with Crippen molar-refractivity contribution in [2.75, 3.05) is 26.7 Å². The first-order chi connectivity index (χ1) is 17.5. The lowest BCUT2D eigenvalue weighted by Gasteiger charge is -2.45. The molecule has 0 aromatic heterocycles. The highest BCUT2D eigenvalue weighted by Crippen LogP contribution is 2.43. The van der Waals surface area contributed by atoms with Gasteiger partial charge in [0.25, 0.3) is 0 Å². The zero-order valence-electron chi connectivity index (χ0n) is 26.2. The van der Waals surface area contributed by atoms with Crippen molar-refractivity contribution in [2.45, 2.75) is 143 Å². The van der Waals surface area contributed by atoms with Gasteiger partial charge < -0.3 is 16.0 Å². The molecule has 0 aromatic rings. The molecule has 0 heterocycles. The minimum Gasteiger partial charge on any atom is -0.375 e. The number of nitrogens with zero attached hydrogens (tertiary/aromatic N) is 1. The van der Waals surface area contributed by atoms with Gasteiger partial charge in [-0.15, -0.1) is 6.58 Å². The molecule has 1 unspecified atom stereocenters. The van der Waals surface area contributed by atoms with Crippen molar-refractivity contribution in [3.05, 3.63) is 37.1 Å². The molecule has 0 bridgehead atoms. The molecule has 3 N–H and O–H groups in total. The summed E-state index contributed by atoms with van der Waals surface area (Å²) in [6, 6.07) is 0. The molecule has 0 rings (SSSR count). The van der Waals surface area contributed by atoms with Crippen molar-refractivity contribution < 1.29 is 0 Å². The largest absolute Gasteiger partial charge is 0.375 e. The van der Waals surface area contributed by atoms with E-state index in [-0.39, 0.29) is 11.0 Å². The topological polar surface area (TPSA) is 41.3 Å². The van der Waals surface area contributed by atoms with Crippen LogP contribution in [-0.2, 0) is 0 Å². The third-order valence-corrected chi connectivity index (χ3v) is 8.36. The molecule has 0 aliphatic carbocycles. The van der Waals surface area contributed by atoms with Gasteiger partial charge in [-0.2, -0.15) is 0 Å². The number of hydrogen-bond acceptors (Lipinski definition) is 3. The highest BCUT2D eigenvalue weighted by atomic mass is 15.1. The predicted molar refractivity (Wildman–Crippen MR) is 169 cm³/mol. The summed E-state index contributed by atoms with van der Waals surface area (Å²) in [5, 5.41) is 3.24. The van der Waals surface area contributed by atoms with E-state index in [1.807, 2.05) is 13.1 Å². The summed E-state index contributed by atoms with van der Waals surface area (Å²) >= 11 is 0. The number of hydrogen-bond donors (Lipinski definition) is 2. The third-order valence-electron chi connectivity index (χ3n) is 8.36. The van der Waals surface area contributed by atoms with Crippen LogP contribution in [0.1, 0.15) is 137 Å². The fourth-order valence-electron chi connectivity index (χ4n) is 5.47. The number of nitrogens with two attached hydrogens (primary N) is 1. The van der Waals surface area contributed by atoms with E-state index >= 15 is 0 Å². The molecular formula is C34H67N3. The molecule has 1 atom stereocenters. The Bertz CT molecular complexity index is 601. The second kappa shape index (κ2) is 20.8. The number of allylic oxidation sites excluding steroid dienone is 2. The van der Waals surface area contributed by atoms with Gasteiger partial charge in [-0.1, -0.05) is 96.9 Å². The van der Waals surface area contributed by atoms with Crippen LogP contribution in [0.3, 0.4) is 0 Å². The summed E-state index contributed by atoms with van der Waals surface area (Å²) < 4.78 is 0. The molecule has 3 heteroatoms. The van der Waals surface area contributed by atoms with Crippen LogP contribution in [0.25, 0.3) is 0 Å². The lowest BCUT2D eigenvalue weighted by atomic mass is 9.63. The number of nitrogens with one attached hydrogen (secondary N) is 1. The van der Waals surface area contributed by atoms with Crippen molar-refractivity contribution in [1.29, 1.82) is 0 Å². The monoisotopic (exact) mass is 518 g/mol. The Hall–Kier alpha value is -1.06. The Morgan fingerprint density at radius 1 is 0.811 bits per heavy atom. The van der Waals surface area contributed by atoms with Crippen molar-refractivity contribution >= 4 is 0 Å². The van der Waals surface area contributed by atoms with Gasteiger partial charge in [-0.3, -0.25) is 0 Å². The maximum atomic E-state index is 6.65. The number of unbranched alkanes of at least 4 members (excludes halogenated alkanes) is 10. The highest BCUT2D eigenvalue weighted by molar-refractivity contribution is 5.17. The van der Waals surface area contributed by atoms with Crippen molar-refractivity contribution in [3.8, 4) is 0 Å². The second-order valence-corrected chi connectivity index (χ2v) is 12.7. The van der Waals surface area contributed by atoms with E-state index in [4.69, 9.17) is 5.73 Å². The van der Waals surface area contributed by atoms with Crippen molar-refractivity contribution in [2.24, 2.45) is 17.1 Å². The quantitative estimate of drug-likeness (QED) is 0.0886. The number of rotatable bonds is 26. The molecule has 0 aromatic carbocycles. The lowest BCUT2D eigenvalue weighted by Crippen LogP contribution is -2.50. The molecule has 0 aliphatic rings. The molecule has 37 heavy (non-hydrogen) atoms. The van der Waals surface area contributed by atoms with Gasteiger partial charge in [0.1, 0.15) is 0 Å². The van der Waals surface area contributed by atoms with Gasteiger partial charge >= 0.3 is 0 Å². The first-order valence-corrected chi connectivity index (χ1v) is 15.6. The zero-order chi connectivity index (χ0) is 28.2. The Kier molecular flexibility index (Phi) is 20.2. The van der Waals surface area contributed by atoms with Crippen LogP contribution >= 0.6 is 0 Å². The molecule has 0 saturated carbocycles. The summed E-state index contributed by atoms with van der Waals surface area (Å²) in [5.41, 5.74) is 8.97. The van der Waals surface area contributed by atoms with Crippen molar-refractivity contribution in [1.82, 2.24) is 10.2 Å². The maximum absolute atomic E-state index is 6.65. The van der Waals surface area contributed by atoms with E-state index in [9.17, 15) is 0 Å². The van der Waals surface area contributed by atoms with E-state index < -0.39 is 0 Å². The van der Waals surface area contributed by atoms with Crippen LogP contribution in [-0.4, -0.2) is 37.1 Å². The van der Waals surface area contributed by atoms with Gasteiger partial charge in [-0.05, 0) is 84.7 Å². The molecule has 0 radical (unpaired) electrons. The minimum absolute atomic E-state index is 0.0268. The highest BCUT2D eigenvalue weighted by Gasteiger charge is 2.40. The minimum atomic E-state index is -0.258. The van der Waals surface area contributed by atoms with Gasteiger partial charge in [-0.25, -0.2) is 0 Å².